The number of hydrogen-bond acceptors (Lipinski definition) is 7. The molecule has 0 saturated carbocycles. The van der Waals surface area contributed by atoms with Crippen molar-refractivity contribution in [2.45, 2.75) is 30.3 Å². The molecule has 184 valence electrons. The molecule has 0 radical (unpaired) electrons. The normalized spacial score (nSPS) is 22.4. The van der Waals surface area contributed by atoms with E-state index in [1.54, 1.807) is 19.1 Å². The van der Waals surface area contributed by atoms with Crippen LogP contribution in [0.15, 0.2) is 64.9 Å². The van der Waals surface area contributed by atoms with Gasteiger partial charge in [-0.1, -0.05) is 17.7 Å². The number of hydrogen-bond donors (Lipinski definition) is 3. The molecular formula is C23H22N3NaO8S. The molecule has 36 heavy (non-hydrogen) atoms. The van der Waals surface area contributed by atoms with E-state index in [9.17, 15) is 33.0 Å². The third-order valence-corrected chi connectivity index (χ3v) is 7.69. The Labute approximate surface area is 228 Å². The molecule has 2 saturated heterocycles. The van der Waals surface area contributed by atoms with Gasteiger partial charge in [0.2, 0.25) is 0 Å². The maximum atomic E-state index is 13.0. The van der Waals surface area contributed by atoms with E-state index in [0.29, 0.717) is 5.69 Å². The zero-order valence-electron chi connectivity index (χ0n) is 18.4. The summed E-state index contributed by atoms with van der Waals surface area (Å²) < 4.78 is 30.9. The Bertz CT molecular complexity index is 1380. The summed E-state index contributed by atoms with van der Waals surface area (Å²) in [6.07, 6.45) is -0.0688. The fourth-order valence-electron chi connectivity index (χ4n) is 4.80. The standard InChI is InChI=1S/C23H21N3O8S.Na.H/c1-12-2-8-16(9-3-12)35(32,33)34-17-10-13-11-25(23(31)24-14-4-6-15(27)7-5-14)20-18(13)26(21(20)28)19(17)22(29)30;;/h2-9,13,18,20,27H,10-11H2,1H3,(H,24,31)(H,29,30);;/t13-,18-,20+;;/m1../s1. The van der Waals surface area contributed by atoms with Crippen LogP contribution in [0.3, 0.4) is 0 Å². The number of nitrogens with zero attached hydrogens (tertiary/aromatic N) is 2. The first kappa shape index (κ1) is 26.0. The molecule has 0 unspecified atom stereocenters. The van der Waals surface area contributed by atoms with Crippen molar-refractivity contribution in [3.8, 4) is 5.75 Å². The average Bonchev–Trinajstić information content (AvgIpc) is 3.16. The second-order valence-electron chi connectivity index (χ2n) is 8.66. The van der Waals surface area contributed by atoms with Gasteiger partial charge < -0.3 is 24.6 Å². The number of carboxylic acid groups (broad SMARTS) is 1. The van der Waals surface area contributed by atoms with E-state index in [0.717, 1.165) is 10.5 Å². The molecule has 3 N–H and O–H groups in total. The van der Waals surface area contributed by atoms with Gasteiger partial charge in [-0.05, 0) is 43.3 Å². The molecule has 3 aliphatic heterocycles. The number of β-lactam (4-membered cyclic amide) rings is 1. The van der Waals surface area contributed by atoms with Gasteiger partial charge in [0.05, 0.1) is 6.04 Å². The van der Waals surface area contributed by atoms with Crippen LogP contribution >= 0.6 is 0 Å². The Hall–Kier alpha value is -3.06. The number of likely N-dealkylation sites (tertiary alicyclic amines) is 1. The van der Waals surface area contributed by atoms with Crippen molar-refractivity contribution in [1.29, 1.82) is 0 Å². The van der Waals surface area contributed by atoms with Crippen LogP contribution in [0.1, 0.15) is 12.0 Å². The number of carboxylic acids is 1. The first-order valence-corrected chi connectivity index (χ1v) is 12.1. The Balaban J connectivity index is 0.00000304. The number of phenolic OH excluding ortho intramolecular Hbond substituents is 1. The summed E-state index contributed by atoms with van der Waals surface area (Å²) in [5.41, 5.74) is 0.719. The number of aromatic hydroxyl groups is 1. The molecule has 3 heterocycles. The van der Waals surface area contributed by atoms with E-state index in [1.165, 1.54) is 41.3 Å². The van der Waals surface area contributed by atoms with Crippen LogP contribution in [0.25, 0.3) is 0 Å². The molecule has 0 spiro atoms. The number of aryl methyl sites for hydroxylation is 1. The van der Waals surface area contributed by atoms with Crippen LogP contribution in [-0.4, -0.2) is 94.5 Å². The van der Waals surface area contributed by atoms with Crippen molar-refractivity contribution < 1.29 is 37.2 Å². The summed E-state index contributed by atoms with van der Waals surface area (Å²) >= 11 is 0. The van der Waals surface area contributed by atoms with Crippen LogP contribution in [0.5, 0.6) is 5.75 Å². The number of allylic oxidation sites excluding steroid dienone is 1. The van der Waals surface area contributed by atoms with Crippen LogP contribution in [0, 0.1) is 12.8 Å². The van der Waals surface area contributed by atoms with Crippen molar-refractivity contribution >= 4 is 63.3 Å². The predicted molar refractivity (Wildman–Crippen MR) is 128 cm³/mol. The minimum absolute atomic E-state index is 0. The number of anilines is 1. The van der Waals surface area contributed by atoms with E-state index in [4.69, 9.17) is 4.18 Å². The molecule has 11 nitrogen and oxygen atoms in total. The molecule has 2 fully saturated rings. The molecular weight excluding hydrogens is 501 g/mol. The van der Waals surface area contributed by atoms with Gasteiger partial charge in [-0.15, -0.1) is 0 Å². The second kappa shape index (κ2) is 9.43. The summed E-state index contributed by atoms with van der Waals surface area (Å²) in [6.45, 7) is 1.89. The number of carbonyl (C=O) groups excluding carboxylic acids is 2. The van der Waals surface area contributed by atoms with Gasteiger partial charge in [0.1, 0.15) is 16.7 Å². The number of urea groups is 1. The molecule has 5 rings (SSSR count). The van der Waals surface area contributed by atoms with E-state index in [-0.39, 0.29) is 58.9 Å². The van der Waals surface area contributed by atoms with Crippen LogP contribution in [0.2, 0.25) is 0 Å². The van der Waals surface area contributed by atoms with Gasteiger partial charge in [0.25, 0.3) is 5.91 Å². The molecule has 0 bridgehead atoms. The number of amides is 3. The number of aliphatic carboxylic acids is 1. The molecule has 13 heteroatoms. The quantitative estimate of drug-likeness (QED) is 0.229. The summed E-state index contributed by atoms with van der Waals surface area (Å²) in [5.74, 6) is -2.83. The fourth-order valence-corrected chi connectivity index (χ4v) is 5.78. The summed E-state index contributed by atoms with van der Waals surface area (Å²) in [4.78, 5) is 40.1. The van der Waals surface area contributed by atoms with E-state index < -0.39 is 51.7 Å². The Morgan fingerprint density at radius 2 is 1.72 bits per heavy atom. The molecule has 2 aromatic carbocycles. The summed E-state index contributed by atoms with van der Waals surface area (Å²) in [6, 6.07) is 9.67. The van der Waals surface area contributed by atoms with E-state index in [1.807, 2.05) is 0 Å². The molecule has 3 aliphatic rings. The van der Waals surface area contributed by atoms with Gasteiger partial charge in [0, 0.05) is 24.6 Å². The van der Waals surface area contributed by atoms with E-state index >= 15 is 0 Å². The third kappa shape index (κ3) is 4.34. The average molecular weight is 523 g/mol. The van der Waals surface area contributed by atoms with Crippen molar-refractivity contribution in [2.24, 2.45) is 5.92 Å². The Morgan fingerprint density at radius 1 is 1.08 bits per heavy atom. The van der Waals surface area contributed by atoms with Gasteiger partial charge >= 0.3 is 51.7 Å². The molecule has 0 aromatic heterocycles. The number of nitrogens with one attached hydrogen (secondary N) is 1. The summed E-state index contributed by atoms with van der Waals surface area (Å²) in [7, 11) is -4.34. The molecule has 3 amide bonds. The van der Waals surface area contributed by atoms with Crippen molar-refractivity contribution in [2.75, 3.05) is 11.9 Å². The van der Waals surface area contributed by atoms with Crippen molar-refractivity contribution in [1.82, 2.24) is 9.80 Å². The molecule has 0 aliphatic carbocycles. The number of phenols is 1. The van der Waals surface area contributed by atoms with Gasteiger partial charge in [-0.25, -0.2) is 9.59 Å². The predicted octanol–water partition coefficient (Wildman–Crippen LogP) is 1.20. The van der Waals surface area contributed by atoms with Crippen LogP contribution < -0.4 is 5.32 Å². The number of carbonyl (C=O) groups is 3. The zero-order valence-corrected chi connectivity index (χ0v) is 19.2. The van der Waals surface area contributed by atoms with Gasteiger partial charge in [-0.3, -0.25) is 9.69 Å². The number of benzene rings is 2. The molecule has 3 atom stereocenters. The Kier molecular flexibility index (Phi) is 6.82. The van der Waals surface area contributed by atoms with Crippen LogP contribution in [-0.2, 0) is 23.9 Å². The SMILES string of the molecule is Cc1ccc(S(=O)(=O)OC2=C(C(=O)O)N3C(=O)[C@@H]4[C@H]3[C@H](C2)CN4C(=O)Nc2ccc(O)cc2)cc1.[NaH]. The maximum absolute atomic E-state index is 13.0. The van der Waals surface area contributed by atoms with Gasteiger partial charge in [0.15, 0.2) is 11.5 Å². The minimum atomic E-state index is -4.34. The monoisotopic (exact) mass is 523 g/mol. The van der Waals surface area contributed by atoms with E-state index in [2.05, 4.69) is 5.32 Å². The van der Waals surface area contributed by atoms with Crippen LogP contribution in [0.4, 0.5) is 10.5 Å². The van der Waals surface area contributed by atoms with Crippen molar-refractivity contribution in [3.05, 3.63) is 65.6 Å². The topological polar surface area (TPSA) is 154 Å². The second-order valence-corrected chi connectivity index (χ2v) is 10.2. The Morgan fingerprint density at radius 3 is 2.33 bits per heavy atom. The summed E-state index contributed by atoms with van der Waals surface area (Å²) in [5, 5.41) is 21.9. The first-order valence-electron chi connectivity index (χ1n) is 10.7. The first-order chi connectivity index (χ1) is 16.6. The number of rotatable bonds is 5. The van der Waals surface area contributed by atoms with Crippen molar-refractivity contribution in [3.63, 3.8) is 0 Å². The third-order valence-electron chi connectivity index (χ3n) is 6.42. The van der Waals surface area contributed by atoms with Gasteiger partial charge in [-0.2, -0.15) is 8.42 Å². The fraction of sp³-hybridized carbons (Fsp3) is 0.261. The zero-order chi connectivity index (χ0) is 25.1. The molecule has 2 aromatic rings.